The van der Waals surface area contributed by atoms with Crippen LogP contribution in [0.2, 0.25) is 0 Å². The van der Waals surface area contributed by atoms with E-state index in [0.717, 1.165) is 48.3 Å². The number of fused-ring (bicyclic) bond motifs is 1. The zero-order valence-electron chi connectivity index (χ0n) is 15.8. The number of hydrogen-bond acceptors (Lipinski definition) is 5. The summed E-state index contributed by atoms with van der Waals surface area (Å²) in [6, 6.07) is 6.64. The highest BCUT2D eigenvalue weighted by atomic mass is 19.3. The summed E-state index contributed by atoms with van der Waals surface area (Å²) in [5.41, 5.74) is 1.08. The summed E-state index contributed by atoms with van der Waals surface area (Å²) in [5.74, 6) is 1.59. The smallest absolute Gasteiger partial charge is 0.261 e. The largest absolute Gasteiger partial charge is 0.345 e. The van der Waals surface area contributed by atoms with Gasteiger partial charge in [-0.3, -0.25) is 14.3 Å². The van der Waals surface area contributed by atoms with E-state index in [0.29, 0.717) is 22.6 Å². The van der Waals surface area contributed by atoms with Crippen LogP contribution in [0.5, 0.6) is 0 Å². The van der Waals surface area contributed by atoms with Gasteiger partial charge in [0.2, 0.25) is 0 Å². The lowest BCUT2D eigenvalue weighted by Gasteiger charge is -2.28. The van der Waals surface area contributed by atoms with Crippen LogP contribution in [0, 0.1) is 0 Å². The molecule has 5 rings (SSSR count). The molecular weight excluding hydrogens is 376 g/mol. The third-order valence-corrected chi connectivity index (χ3v) is 5.70. The first-order valence-corrected chi connectivity index (χ1v) is 9.98. The van der Waals surface area contributed by atoms with Crippen LogP contribution in [0.1, 0.15) is 49.2 Å². The molecule has 1 saturated heterocycles. The third kappa shape index (κ3) is 3.26. The summed E-state index contributed by atoms with van der Waals surface area (Å²) in [4.78, 5) is 28.9. The monoisotopic (exact) mass is 397 g/mol. The van der Waals surface area contributed by atoms with Gasteiger partial charge in [-0.15, -0.1) is 0 Å². The Morgan fingerprint density at radius 2 is 1.90 bits per heavy atom. The van der Waals surface area contributed by atoms with Crippen molar-refractivity contribution >= 4 is 16.7 Å². The molecule has 1 unspecified atom stereocenters. The molecule has 1 aromatic carbocycles. The number of alkyl halides is 2. The van der Waals surface area contributed by atoms with Gasteiger partial charge >= 0.3 is 0 Å². The molecule has 0 spiro atoms. The minimum Gasteiger partial charge on any atom is -0.345 e. The fourth-order valence-corrected chi connectivity index (χ4v) is 4.25. The SMILES string of the molecule is O=c1c2ccccc2nc(C2CCCN2c2nccnc2C2CC2)n1CC(F)F. The van der Waals surface area contributed by atoms with Crippen molar-refractivity contribution in [2.24, 2.45) is 0 Å². The molecular formula is C21H21F2N5O. The number of anilines is 1. The Balaban J connectivity index is 1.65. The lowest BCUT2D eigenvalue weighted by molar-refractivity contribution is 0.123. The lowest BCUT2D eigenvalue weighted by Crippen LogP contribution is -2.34. The van der Waals surface area contributed by atoms with Crippen molar-refractivity contribution in [2.45, 2.75) is 50.6 Å². The molecule has 1 saturated carbocycles. The van der Waals surface area contributed by atoms with Crippen LogP contribution < -0.4 is 10.5 Å². The van der Waals surface area contributed by atoms with Gasteiger partial charge in [-0.2, -0.15) is 0 Å². The van der Waals surface area contributed by atoms with Gasteiger partial charge in [0, 0.05) is 24.9 Å². The number of benzene rings is 1. The minimum absolute atomic E-state index is 0.278. The van der Waals surface area contributed by atoms with Gasteiger partial charge in [0.15, 0.2) is 5.82 Å². The van der Waals surface area contributed by atoms with Crippen molar-refractivity contribution in [3.8, 4) is 0 Å². The van der Waals surface area contributed by atoms with E-state index in [1.165, 1.54) is 0 Å². The van der Waals surface area contributed by atoms with Gasteiger partial charge in [-0.05, 0) is 37.8 Å². The van der Waals surface area contributed by atoms with E-state index in [-0.39, 0.29) is 6.04 Å². The molecule has 29 heavy (non-hydrogen) atoms. The number of nitrogens with zero attached hydrogens (tertiary/aromatic N) is 5. The Bertz CT molecular complexity index is 1110. The first-order valence-electron chi connectivity index (χ1n) is 9.98. The first kappa shape index (κ1) is 18.1. The van der Waals surface area contributed by atoms with E-state index >= 15 is 0 Å². The zero-order chi connectivity index (χ0) is 20.0. The van der Waals surface area contributed by atoms with Crippen molar-refractivity contribution < 1.29 is 8.78 Å². The second kappa shape index (κ2) is 7.17. The van der Waals surface area contributed by atoms with E-state index in [1.807, 2.05) is 0 Å². The average molecular weight is 397 g/mol. The second-order valence-corrected chi connectivity index (χ2v) is 7.68. The zero-order valence-corrected chi connectivity index (χ0v) is 15.8. The fraction of sp³-hybridized carbons (Fsp3) is 0.429. The Labute approximate surface area is 166 Å². The number of para-hydroxylation sites is 1. The van der Waals surface area contributed by atoms with Gasteiger partial charge in [-0.25, -0.2) is 18.7 Å². The molecule has 6 nitrogen and oxygen atoms in total. The maximum absolute atomic E-state index is 13.3. The topological polar surface area (TPSA) is 63.9 Å². The van der Waals surface area contributed by atoms with E-state index in [1.54, 1.807) is 36.7 Å². The van der Waals surface area contributed by atoms with Crippen LogP contribution in [0.25, 0.3) is 10.9 Å². The van der Waals surface area contributed by atoms with Gasteiger partial charge in [0.25, 0.3) is 12.0 Å². The molecule has 2 fully saturated rings. The van der Waals surface area contributed by atoms with E-state index in [2.05, 4.69) is 19.9 Å². The standard InChI is InChI=1S/C21H21F2N5O/c22-17(23)12-28-19(26-15-5-2-1-4-14(15)21(28)29)16-6-3-11-27(16)20-18(13-7-8-13)24-9-10-25-20/h1-2,4-5,9-10,13,16-17H,3,6-8,11-12H2. The van der Waals surface area contributed by atoms with Gasteiger partial charge < -0.3 is 4.90 Å². The van der Waals surface area contributed by atoms with Crippen LogP contribution in [-0.2, 0) is 6.54 Å². The third-order valence-electron chi connectivity index (χ3n) is 5.70. The van der Waals surface area contributed by atoms with Crippen molar-refractivity contribution in [3.63, 3.8) is 0 Å². The Morgan fingerprint density at radius 3 is 2.69 bits per heavy atom. The molecule has 2 aliphatic rings. The molecule has 1 atom stereocenters. The van der Waals surface area contributed by atoms with Crippen molar-refractivity contribution in [2.75, 3.05) is 11.4 Å². The summed E-state index contributed by atoms with van der Waals surface area (Å²) >= 11 is 0. The molecule has 3 aromatic rings. The number of aromatic nitrogens is 4. The maximum Gasteiger partial charge on any atom is 0.261 e. The van der Waals surface area contributed by atoms with Crippen LogP contribution in [0.3, 0.4) is 0 Å². The molecule has 1 aliphatic heterocycles. The molecule has 0 radical (unpaired) electrons. The Hall–Kier alpha value is -2.90. The second-order valence-electron chi connectivity index (χ2n) is 7.68. The molecule has 0 amide bonds. The number of rotatable bonds is 5. The van der Waals surface area contributed by atoms with Gasteiger partial charge in [0.1, 0.15) is 5.82 Å². The predicted octanol–water partition coefficient (Wildman–Crippen LogP) is 3.67. The summed E-state index contributed by atoms with van der Waals surface area (Å²) in [6.07, 6.45) is 4.52. The van der Waals surface area contributed by atoms with Gasteiger partial charge in [-0.1, -0.05) is 12.1 Å². The van der Waals surface area contributed by atoms with E-state index in [4.69, 9.17) is 0 Å². The predicted molar refractivity (Wildman–Crippen MR) is 105 cm³/mol. The van der Waals surface area contributed by atoms with Crippen LogP contribution in [-0.4, -0.2) is 32.5 Å². The van der Waals surface area contributed by atoms with Crippen LogP contribution >= 0.6 is 0 Å². The number of hydrogen-bond donors (Lipinski definition) is 0. The van der Waals surface area contributed by atoms with E-state index < -0.39 is 18.5 Å². The number of halogens is 2. The Kier molecular flexibility index (Phi) is 4.49. The summed E-state index contributed by atoms with van der Waals surface area (Å²) < 4.78 is 27.8. The maximum atomic E-state index is 13.3. The fourth-order valence-electron chi connectivity index (χ4n) is 4.25. The summed E-state index contributed by atoms with van der Waals surface area (Å²) in [5, 5.41) is 0.361. The summed E-state index contributed by atoms with van der Waals surface area (Å²) in [7, 11) is 0. The highest BCUT2D eigenvalue weighted by Gasteiger charge is 2.36. The van der Waals surface area contributed by atoms with Crippen molar-refractivity contribution in [1.29, 1.82) is 0 Å². The molecule has 8 heteroatoms. The molecule has 0 bridgehead atoms. The molecule has 0 N–H and O–H groups in total. The summed E-state index contributed by atoms with van der Waals surface area (Å²) in [6.45, 7) is 0.0761. The van der Waals surface area contributed by atoms with Crippen molar-refractivity contribution in [1.82, 2.24) is 19.5 Å². The van der Waals surface area contributed by atoms with Crippen LogP contribution in [0.4, 0.5) is 14.6 Å². The highest BCUT2D eigenvalue weighted by molar-refractivity contribution is 5.77. The quantitative estimate of drug-likeness (QED) is 0.657. The molecule has 1 aliphatic carbocycles. The minimum atomic E-state index is -2.64. The average Bonchev–Trinajstić information content (AvgIpc) is 3.46. The van der Waals surface area contributed by atoms with E-state index in [9.17, 15) is 13.6 Å². The highest BCUT2D eigenvalue weighted by Crippen LogP contribution is 2.45. The lowest BCUT2D eigenvalue weighted by atomic mass is 10.1. The normalized spacial score (nSPS) is 19.4. The molecule has 3 heterocycles. The first-order chi connectivity index (χ1) is 14.1. The molecule has 2 aromatic heterocycles. The molecule has 150 valence electrons. The Morgan fingerprint density at radius 1 is 1.10 bits per heavy atom. The van der Waals surface area contributed by atoms with Gasteiger partial charge in [0.05, 0.1) is 29.2 Å². The van der Waals surface area contributed by atoms with Crippen LogP contribution in [0.15, 0.2) is 41.5 Å². The van der Waals surface area contributed by atoms with Crippen molar-refractivity contribution in [3.05, 3.63) is 58.5 Å².